The second-order valence-corrected chi connectivity index (χ2v) is 4.89. The van der Waals surface area contributed by atoms with Gasteiger partial charge in [0.2, 0.25) is 0 Å². The average Bonchev–Trinajstić information content (AvgIpc) is 2.65. The molecular formula is C10H12ClN3OS. The van der Waals surface area contributed by atoms with Gasteiger partial charge in [0, 0.05) is 23.7 Å². The molecule has 0 aliphatic carbocycles. The molecule has 6 heteroatoms. The molecule has 0 saturated carbocycles. The van der Waals surface area contributed by atoms with Crippen molar-refractivity contribution in [3.8, 4) is 0 Å². The third-order valence-electron chi connectivity index (χ3n) is 2.56. The van der Waals surface area contributed by atoms with Gasteiger partial charge < -0.3 is 0 Å². The molecule has 0 atom stereocenters. The van der Waals surface area contributed by atoms with Crippen LogP contribution in [0, 0.1) is 13.8 Å². The Hall–Kier alpha value is -1.07. The van der Waals surface area contributed by atoms with Gasteiger partial charge in [-0.2, -0.15) is 5.10 Å². The highest BCUT2D eigenvalue weighted by Gasteiger charge is 2.13. The second-order valence-electron chi connectivity index (χ2n) is 3.71. The van der Waals surface area contributed by atoms with E-state index in [1.54, 1.807) is 16.3 Å². The van der Waals surface area contributed by atoms with Gasteiger partial charge in [-0.3, -0.25) is 14.0 Å². The smallest absolute Gasteiger partial charge is 0.299 e. The third kappa shape index (κ3) is 1.81. The summed E-state index contributed by atoms with van der Waals surface area (Å²) in [4.78, 5) is 11.6. The topological polar surface area (TPSA) is 39.8 Å². The zero-order valence-corrected chi connectivity index (χ0v) is 10.9. The Labute approximate surface area is 102 Å². The summed E-state index contributed by atoms with van der Waals surface area (Å²) in [6, 6.07) is 0. The zero-order chi connectivity index (χ0) is 11.9. The molecular weight excluding hydrogens is 246 g/mol. The summed E-state index contributed by atoms with van der Waals surface area (Å²) >= 11 is 7.33. The van der Waals surface area contributed by atoms with E-state index >= 15 is 0 Å². The number of rotatable bonds is 2. The first-order valence-corrected chi connectivity index (χ1v) is 6.09. The van der Waals surface area contributed by atoms with E-state index in [1.165, 1.54) is 11.3 Å². The molecule has 0 N–H and O–H groups in total. The highest BCUT2D eigenvalue weighted by molar-refractivity contribution is 7.07. The molecule has 0 fully saturated rings. The van der Waals surface area contributed by atoms with Crippen LogP contribution >= 0.6 is 22.9 Å². The average molecular weight is 258 g/mol. The first-order valence-electron chi connectivity index (χ1n) is 4.83. The number of hydrogen-bond donors (Lipinski definition) is 0. The van der Waals surface area contributed by atoms with Gasteiger partial charge in [-0.05, 0) is 13.8 Å². The normalized spacial score (nSPS) is 11.0. The predicted octanol–water partition coefficient (Wildman–Crippen LogP) is 1.96. The summed E-state index contributed by atoms with van der Waals surface area (Å²) in [6.07, 6.45) is 0. The van der Waals surface area contributed by atoms with Gasteiger partial charge in [0.15, 0.2) is 0 Å². The molecule has 0 unspecified atom stereocenters. The molecule has 0 amide bonds. The Morgan fingerprint density at radius 2 is 2.19 bits per heavy atom. The fraction of sp³-hybridized carbons (Fsp3) is 0.400. The minimum atomic E-state index is 0.0387. The summed E-state index contributed by atoms with van der Waals surface area (Å²) in [5, 5.41) is 6.66. The van der Waals surface area contributed by atoms with Crippen LogP contribution in [0.15, 0.2) is 10.2 Å². The van der Waals surface area contributed by atoms with E-state index in [2.05, 4.69) is 5.10 Å². The van der Waals surface area contributed by atoms with E-state index < -0.39 is 0 Å². The minimum absolute atomic E-state index is 0.0387. The van der Waals surface area contributed by atoms with E-state index in [9.17, 15) is 4.79 Å². The second kappa shape index (κ2) is 4.07. The maximum absolute atomic E-state index is 11.6. The van der Waals surface area contributed by atoms with Gasteiger partial charge >= 0.3 is 4.87 Å². The van der Waals surface area contributed by atoms with Crippen LogP contribution in [0.1, 0.15) is 17.0 Å². The lowest BCUT2D eigenvalue weighted by Gasteiger charge is -2.03. The summed E-state index contributed by atoms with van der Waals surface area (Å²) in [7, 11) is 1.79. The zero-order valence-electron chi connectivity index (χ0n) is 9.32. The molecule has 4 nitrogen and oxygen atoms in total. The summed E-state index contributed by atoms with van der Waals surface area (Å²) in [5.41, 5.74) is 2.73. The molecule has 0 radical (unpaired) electrons. The van der Waals surface area contributed by atoms with Crippen molar-refractivity contribution in [3.05, 3.63) is 37.2 Å². The van der Waals surface area contributed by atoms with Crippen LogP contribution in [0.2, 0.25) is 5.15 Å². The van der Waals surface area contributed by atoms with Gasteiger partial charge in [0.25, 0.3) is 0 Å². The Morgan fingerprint density at radius 1 is 1.50 bits per heavy atom. The summed E-state index contributed by atoms with van der Waals surface area (Å²) in [5.74, 6) is 0. The van der Waals surface area contributed by atoms with Gasteiger partial charge in [-0.1, -0.05) is 22.9 Å². The molecule has 0 aliphatic rings. The van der Waals surface area contributed by atoms with Gasteiger partial charge in [-0.15, -0.1) is 0 Å². The molecule has 0 bridgehead atoms. The lowest BCUT2D eigenvalue weighted by atomic mass is 10.2. The van der Waals surface area contributed by atoms with Crippen LogP contribution in [-0.4, -0.2) is 14.3 Å². The standard InChI is InChI=1S/C10H12ClN3OS/c1-6-5-16-10(15)14(6)4-8-7(2)12-13(3)9(8)11/h5H,4H2,1-3H3. The van der Waals surface area contributed by atoms with Gasteiger partial charge in [0.05, 0.1) is 12.2 Å². The molecule has 0 saturated heterocycles. The van der Waals surface area contributed by atoms with E-state index in [4.69, 9.17) is 11.6 Å². The molecule has 16 heavy (non-hydrogen) atoms. The quantitative estimate of drug-likeness (QED) is 0.825. The molecule has 2 aromatic rings. The molecule has 0 aromatic carbocycles. The van der Waals surface area contributed by atoms with Crippen molar-refractivity contribution in [2.24, 2.45) is 7.05 Å². The van der Waals surface area contributed by atoms with E-state index in [0.717, 1.165) is 17.0 Å². The van der Waals surface area contributed by atoms with Gasteiger partial charge in [0.1, 0.15) is 5.15 Å². The third-order valence-corrected chi connectivity index (χ3v) is 3.92. The molecule has 2 rings (SSSR count). The first kappa shape index (κ1) is 11.4. The van der Waals surface area contributed by atoms with Crippen LogP contribution in [-0.2, 0) is 13.6 Å². The number of aryl methyl sites for hydroxylation is 3. The van der Waals surface area contributed by atoms with Crippen LogP contribution in [0.5, 0.6) is 0 Å². The van der Waals surface area contributed by atoms with Crippen molar-refractivity contribution in [1.29, 1.82) is 0 Å². The number of hydrogen-bond acceptors (Lipinski definition) is 3. The number of halogens is 1. The highest BCUT2D eigenvalue weighted by Crippen LogP contribution is 2.20. The van der Waals surface area contributed by atoms with Crippen molar-refractivity contribution in [3.63, 3.8) is 0 Å². The van der Waals surface area contributed by atoms with Crippen LogP contribution < -0.4 is 4.87 Å². The largest absolute Gasteiger partial charge is 0.307 e. The Bertz CT molecular complexity index is 581. The van der Waals surface area contributed by atoms with Crippen molar-refractivity contribution < 1.29 is 0 Å². The Morgan fingerprint density at radius 3 is 2.62 bits per heavy atom. The molecule has 86 valence electrons. The van der Waals surface area contributed by atoms with Crippen molar-refractivity contribution >= 4 is 22.9 Å². The number of nitrogens with zero attached hydrogens (tertiary/aromatic N) is 3. The predicted molar refractivity (Wildman–Crippen MR) is 65.4 cm³/mol. The SMILES string of the molecule is Cc1nn(C)c(Cl)c1Cn1c(C)csc1=O. The minimum Gasteiger partial charge on any atom is -0.299 e. The lowest BCUT2D eigenvalue weighted by Crippen LogP contribution is -2.15. The van der Waals surface area contributed by atoms with E-state index in [0.29, 0.717) is 11.7 Å². The lowest BCUT2D eigenvalue weighted by molar-refractivity contribution is 0.747. The monoisotopic (exact) mass is 257 g/mol. The highest BCUT2D eigenvalue weighted by atomic mass is 35.5. The summed E-state index contributed by atoms with van der Waals surface area (Å²) in [6.45, 7) is 4.30. The number of thiazole rings is 1. The van der Waals surface area contributed by atoms with Crippen molar-refractivity contribution in [1.82, 2.24) is 14.3 Å². The van der Waals surface area contributed by atoms with Crippen LogP contribution in [0.4, 0.5) is 0 Å². The fourth-order valence-electron chi connectivity index (χ4n) is 1.61. The molecule has 2 aromatic heterocycles. The fourth-order valence-corrected chi connectivity index (χ4v) is 2.58. The molecule has 0 spiro atoms. The maximum atomic E-state index is 11.6. The maximum Gasteiger partial charge on any atom is 0.307 e. The van der Waals surface area contributed by atoms with E-state index in [-0.39, 0.29) is 4.87 Å². The number of aromatic nitrogens is 3. The van der Waals surface area contributed by atoms with Crippen molar-refractivity contribution in [2.45, 2.75) is 20.4 Å². The Kier molecular flexibility index (Phi) is 2.90. The molecule has 2 heterocycles. The first-order chi connectivity index (χ1) is 7.50. The van der Waals surface area contributed by atoms with Crippen LogP contribution in [0.25, 0.3) is 0 Å². The van der Waals surface area contributed by atoms with E-state index in [1.807, 2.05) is 19.2 Å². The molecule has 0 aliphatic heterocycles. The van der Waals surface area contributed by atoms with Crippen molar-refractivity contribution in [2.75, 3.05) is 0 Å². The summed E-state index contributed by atoms with van der Waals surface area (Å²) < 4.78 is 3.33. The van der Waals surface area contributed by atoms with Gasteiger partial charge in [-0.25, -0.2) is 0 Å². The Balaban J connectivity index is 2.45. The van der Waals surface area contributed by atoms with Crippen LogP contribution in [0.3, 0.4) is 0 Å².